The van der Waals surface area contributed by atoms with E-state index in [-0.39, 0.29) is 5.91 Å². The van der Waals surface area contributed by atoms with Crippen LogP contribution >= 0.6 is 0 Å². The van der Waals surface area contributed by atoms with E-state index in [1.54, 1.807) is 0 Å². The Kier molecular flexibility index (Phi) is 4.96. The lowest BCUT2D eigenvalue weighted by atomic mass is 9.96. The Hall–Kier alpha value is -2.29. The number of rotatable bonds is 5. The molecule has 23 heavy (non-hydrogen) atoms. The predicted molar refractivity (Wildman–Crippen MR) is 91.6 cm³/mol. The third-order valence-corrected chi connectivity index (χ3v) is 4.27. The maximum atomic E-state index is 12.0. The van der Waals surface area contributed by atoms with Crippen LogP contribution in [0.15, 0.2) is 48.5 Å². The minimum atomic E-state index is 0.116. The first-order chi connectivity index (χ1) is 11.2. The van der Waals surface area contributed by atoms with Gasteiger partial charge in [0.15, 0.2) is 0 Å². The minimum Gasteiger partial charge on any atom is -0.493 e. The zero-order chi connectivity index (χ0) is 16.1. The highest BCUT2D eigenvalue weighted by Crippen LogP contribution is 2.26. The van der Waals surface area contributed by atoms with Crippen LogP contribution in [0.4, 0.5) is 0 Å². The average molecular weight is 309 g/mol. The second kappa shape index (κ2) is 7.32. The molecule has 2 aromatic rings. The molecule has 3 heteroatoms. The monoisotopic (exact) mass is 309 g/mol. The Morgan fingerprint density at radius 2 is 2.09 bits per heavy atom. The van der Waals surface area contributed by atoms with Crippen molar-refractivity contribution in [2.75, 3.05) is 13.2 Å². The molecule has 0 aliphatic carbocycles. The third kappa shape index (κ3) is 4.35. The molecule has 120 valence electrons. The maximum Gasteiger partial charge on any atom is 0.220 e. The van der Waals surface area contributed by atoms with Gasteiger partial charge in [0.1, 0.15) is 5.75 Å². The Labute approximate surface area is 137 Å². The summed E-state index contributed by atoms with van der Waals surface area (Å²) in [5.41, 5.74) is 3.69. The lowest BCUT2D eigenvalue weighted by molar-refractivity contribution is -0.121. The van der Waals surface area contributed by atoms with Crippen molar-refractivity contribution in [3.8, 4) is 5.75 Å². The van der Waals surface area contributed by atoms with Crippen LogP contribution in [0.5, 0.6) is 5.75 Å². The highest BCUT2D eigenvalue weighted by Gasteiger charge is 2.19. The first kappa shape index (κ1) is 15.6. The van der Waals surface area contributed by atoms with E-state index in [2.05, 4.69) is 36.5 Å². The molecule has 1 heterocycles. The van der Waals surface area contributed by atoms with Gasteiger partial charge in [0, 0.05) is 18.9 Å². The van der Waals surface area contributed by atoms with Gasteiger partial charge in [-0.2, -0.15) is 0 Å². The topological polar surface area (TPSA) is 38.3 Å². The molecule has 0 fully saturated rings. The number of nitrogens with one attached hydrogen (secondary N) is 1. The first-order valence-corrected chi connectivity index (χ1v) is 8.23. The van der Waals surface area contributed by atoms with E-state index in [1.807, 2.05) is 24.3 Å². The largest absolute Gasteiger partial charge is 0.493 e. The van der Waals surface area contributed by atoms with Crippen LogP contribution in [-0.4, -0.2) is 19.1 Å². The number of fused-ring (bicyclic) bond motifs is 1. The third-order valence-electron chi connectivity index (χ3n) is 4.27. The van der Waals surface area contributed by atoms with E-state index < -0.39 is 0 Å². The Morgan fingerprint density at radius 3 is 2.96 bits per heavy atom. The van der Waals surface area contributed by atoms with Crippen molar-refractivity contribution >= 4 is 5.91 Å². The second-order valence-corrected chi connectivity index (χ2v) is 6.28. The first-order valence-electron chi connectivity index (χ1n) is 8.23. The van der Waals surface area contributed by atoms with Gasteiger partial charge in [-0.1, -0.05) is 48.0 Å². The summed E-state index contributed by atoms with van der Waals surface area (Å²) in [7, 11) is 0. The van der Waals surface area contributed by atoms with Gasteiger partial charge in [0.25, 0.3) is 0 Å². The van der Waals surface area contributed by atoms with Gasteiger partial charge in [-0.25, -0.2) is 0 Å². The summed E-state index contributed by atoms with van der Waals surface area (Å²) in [6.07, 6.45) is 2.29. The van der Waals surface area contributed by atoms with Crippen LogP contribution in [0.25, 0.3) is 0 Å². The highest BCUT2D eigenvalue weighted by atomic mass is 16.5. The van der Waals surface area contributed by atoms with Gasteiger partial charge >= 0.3 is 0 Å². The molecule has 1 aliphatic rings. The summed E-state index contributed by atoms with van der Waals surface area (Å²) >= 11 is 0. The number of hydrogen-bond acceptors (Lipinski definition) is 2. The molecule has 0 radical (unpaired) electrons. The molecule has 3 nitrogen and oxygen atoms in total. The molecule has 1 amide bonds. The summed E-state index contributed by atoms with van der Waals surface area (Å²) in [6.45, 7) is 3.43. The number of benzene rings is 2. The molecule has 1 unspecified atom stereocenters. The molecule has 2 aromatic carbocycles. The summed E-state index contributed by atoms with van der Waals surface area (Å²) in [5.74, 6) is 1.45. The zero-order valence-electron chi connectivity index (χ0n) is 13.5. The second-order valence-electron chi connectivity index (χ2n) is 6.28. The van der Waals surface area contributed by atoms with Crippen molar-refractivity contribution in [3.05, 3.63) is 65.2 Å². The average Bonchev–Trinajstić information content (AvgIpc) is 2.58. The molecule has 3 rings (SSSR count). The summed E-state index contributed by atoms with van der Waals surface area (Å²) in [4.78, 5) is 12.0. The van der Waals surface area contributed by atoms with Crippen LogP contribution in [0, 0.1) is 12.8 Å². The number of hydrogen-bond donors (Lipinski definition) is 1. The Bertz CT molecular complexity index is 681. The van der Waals surface area contributed by atoms with Gasteiger partial charge in [-0.3, -0.25) is 4.79 Å². The molecule has 0 saturated carbocycles. The molecular weight excluding hydrogens is 286 g/mol. The van der Waals surface area contributed by atoms with E-state index in [0.717, 1.165) is 18.6 Å². The van der Waals surface area contributed by atoms with Gasteiger partial charge in [-0.05, 0) is 37.0 Å². The van der Waals surface area contributed by atoms with E-state index in [1.165, 1.54) is 16.7 Å². The minimum absolute atomic E-state index is 0.116. The van der Waals surface area contributed by atoms with Crippen LogP contribution in [-0.2, 0) is 17.6 Å². The zero-order valence-corrected chi connectivity index (χ0v) is 13.5. The van der Waals surface area contributed by atoms with Crippen molar-refractivity contribution in [2.24, 2.45) is 5.92 Å². The van der Waals surface area contributed by atoms with Crippen LogP contribution in [0.2, 0.25) is 0 Å². The van der Waals surface area contributed by atoms with Crippen molar-refractivity contribution in [1.29, 1.82) is 0 Å². The van der Waals surface area contributed by atoms with Crippen molar-refractivity contribution in [1.82, 2.24) is 5.32 Å². The fourth-order valence-electron chi connectivity index (χ4n) is 2.99. The lowest BCUT2D eigenvalue weighted by Gasteiger charge is -2.25. The van der Waals surface area contributed by atoms with Crippen molar-refractivity contribution < 1.29 is 9.53 Å². The molecule has 0 saturated heterocycles. The van der Waals surface area contributed by atoms with E-state index >= 15 is 0 Å². The Morgan fingerprint density at radius 1 is 1.22 bits per heavy atom. The van der Waals surface area contributed by atoms with Gasteiger partial charge < -0.3 is 10.1 Å². The van der Waals surface area contributed by atoms with Gasteiger partial charge in [0.2, 0.25) is 5.91 Å². The number of ether oxygens (including phenoxy) is 1. The van der Waals surface area contributed by atoms with Crippen LogP contribution in [0.1, 0.15) is 23.1 Å². The number of amides is 1. The molecule has 1 N–H and O–H groups in total. The summed E-state index contributed by atoms with van der Waals surface area (Å²) in [5, 5.41) is 3.05. The molecular formula is C20H23NO2. The lowest BCUT2D eigenvalue weighted by Crippen LogP contribution is -2.34. The molecule has 0 aromatic heterocycles. The normalized spacial score (nSPS) is 16.3. The maximum absolute atomic E-state index is 12.0. The SMILES string of the molecule is Cc1cccc(CCC(=O)NCC2COc3ccccc3C2)c1. The van der Waals surface area contributed by atoms with E-state index in [4.69, 9.17) is 4.74 Å². The van der Waals surface area contributed by atoms with Crippen molar-refractivity contribution in [3.63, 3.8) is 0 Å². The summed E-state index contributed by atoms with van der Waals surface area (Å²) in [6, 6.07) is 16.5. The Balaban J connectivity index is 1.43. The number of carbonyl (C=O) groups is 1. The molecule has 1 aliphatic heterocycles. The number of aryl methyl sites for hydroxylation is 2. The fourth-order valence-corrected chi connectivity index (χ4v) is 2.99. The number of carbonyl (C=O) groups excluding carboxylic acids is 1. The predicted octanol–water partition coefficient (Wildman–Crippen LogP) is 3.30. The van der Waals surface area contributed by atoms with Crippen LogP contribution < -0.4 is 10.1 Å². The quantitative estimate of drug-likeness (QED) is 0.920. The number of para-hydroxylation sites is 1. The smallest absolute Gasteiger partial charge is 0.220 e. The van der Waals surface area contributed by atoms with Gasteiger partial charge in [-0.15, -0.1) is 0 Å². The molecule has 0 spiro atoms. The molecule has 0 bridgehead atoms. The van der Waals surface area contributed by atoms with Gasteiger partial charge in [0.05, 0.1) is 6.61 Å². The fraction of sp³-hybridized carbons (Fsp3) is 0.350. The molecule has 1 atom stereocenters. The standard InChI is InChI=1S/C20H23NO2/c1-15-5-4-6-16(11-15)9-10-20(22)21-13-17-12-18-7-2-3-8-19(18)23-14-17/h2-8,11,17H,9-10,12-14H2,1H3,(H,21,22). The van der Waals surface area contributed by atoms with Crippen LogP contribution in [0.3, 0.4) is 0 Å². The summed E-state index contributed by atoms with van der Waals surface area (Å²) < 4.78 is 5.76. The highest BCUT2D eigenvalue weighted by molar-refractivity contribution is 5.76. The van der Waals surface area contributed by atoms with E-state index in [0.29, 0.717) is 25.5 Å². The van der Waals surface area contributed by atoms with E-state index in [9.17, 15) is 4.79 Å². The van der Waals surface area contributed by atoms with Crippen molar-refractivity contribution in [2.45, 2.75) is 26.2 Å².